The summed E-state index contributed by atoms with van der Waals surface area (Å²) in [6.45, 7) is 9.47. The molecular weight excluding hydrogens is 406 g/mol. The number of benzene rings is 1. The molecule has 1 amide bonds. The molecule has 4 unspecified atom stereocenters. The van der Waals surface area contributed by atoms with Crippen LogP contribution in [0.25, 0.3) is 0 Å². The first-order valence-electron chi connectivity index (χ1n) is 12.8. The van der Waals surface area contributed by atoms with Gasteiger partial charge in [0.1, 0.15) is 0 Å². The van der Waals surface area contributed by atoms with E-state index in [1.165, 1.54) is 42.4 Å². The fourth-order valence-corrected chi connectivity index (χ4v) is 6.03. The lowest BCUT2D eigenvalue weighted by molar-refractivity contribution is -0.131. The molecule has 2 aliphatic heterocycles. The van der Waals surface area contributed by atoms with Crippen molar-refractivity contribution in [1.29, 1.82) is 0 Å². The fraction of sp³-hybridized carbons (Fsp3) is 0.552. The Kier molecular flexibility index (Phi) is 7.87. The van der Waals surface area contributed by atoms with Gasteiger partial charge in [-0.2, -0.15) is 0 Å². The molecule has 0 aromatic heterocycles. The standard InChI is InChI=1S/C29H41N3O/c1-5-18-31-19-17-26-11-8-12-27(21-31)32(26)28(25-10-7-9-22(6-2)20-25)23-13-15-24(16-14-23)29(33)30(3)4/h5,7,9-10,13-15,20,24,26-28H,1,6,8,11-12,16-19,21H2,2-4H3. The summed E-state index contributed by atoms with van der Waals surface area (Å²) in [5.74, 6) is 0.149. The van der Waals surface area contributed by atoms with Gasteiger partial charge < -0.3 is 4.90 Å². The van der Waals surface area contributed by atoms with Crippen LogP contribution >= 0.6 is 0 Å². The van der Waals surface area contributed by atoms with E-state index in [1.54, 1.807) is 4.90 Å². The Morgan fingerprint density at radius 3 is 2.76 bits per heavy atom. The molecule has 0 radical (unpaired) electrons. The fourth-order valence-electron chi connectivity index (χ4n) is 6.03. The largest absolute Gasteiger partial charge is 0.348 e. The van der Waals surface area contributed by atoms with Gasteiger partial charge in [0.15, 0.2) is 0 Å². The number of nitrogens with zero attached hydrogens (tertiary/aromatic N) is 3. The number of piperidine rings is 1. The highest BCUT2D eigenvalue weighted by Gasteiger charge is 2.40. The van der Waals surface area contributed by atoms with Crippen LogP contribution in [-0.4, -0.2) is 66.4 Å². The summed E-state index contributed by atoms with van der Waals surface area (Å²) in [5.41, 5.74) is 4.16. The maximum Gasteiger partial charge on any atom is 0.229 e. The highest BCUT2D eigenvalue weighted by molar-refractivity contribution is 5.80. The number of carbonyl (C=O) groups is 1. The predicted molar refractivity (Wildman–Crippen MR) is 137 cm³/mol. The minimum Gasteiger partial charge on any atom is -0.348 e. The number of rotatable bonds is 7. The van der Waals surface area contributed by atoms with Gasteiger partial charge in [-0.25, -0.2) is 0 Å². The molecule has 0 spiro atoms. The molecular formula is C29H41N3O. The number of amides is 1. The Hall–Kier alpha value is -2.17. The SMILES string of the molecule is C=CCN1CCC2CCCC(C1)N2C(C1=CCC(C(=O)N(C)C)C=C1)c1cccc(CC)c1. The second-order valence-corrected chi connectivity index (χ2v) is 10.2. The van der Waals surface area contributed by atoms with Gasteiger partial charge in [0.05, 0.1) is 12.0 Å². The normalized spacial score (nSPS) is 26.9. The molecule has 4 heteroatoms. The van der Waals surface area contributed by atoms with Crippen LogP contribution in [-0.2, 0) is 11.2 Å². The molecule has 178 valence electrons. The summed E-state index contributed by atoms with van der Waals surface area (Å²) in [4.78, 5) is 19.7. The van der Waals surface area contributed by atoms with E-state index < -0.39 is 0 Å². The van der Waals surface area contributed by atoms with Gasteiger partial charge >= 0.3 is 0 Å². The molecule has 33 heavy (non-hydrogen) atoms. The van der Waals surface area contributed by atoms with E-state index in [-0.39, 0.29) is 17.9 Å². The number of hydrogen-bond donors (Lipinski definition) is 0. The van der Waals surface area contributed by atoms with Gasteiger partial charge in [-0.15, -0.1) is 6.58 Å². The van der Waals surface area contributed by atoms with Crippen molar-refractivity contribution in [3.63, 3.8) is 0 Å². The Balaban J connectivity index is 1.70. The number of fused-ring (bicyclic) bond motifs is 2. The van der Waals surface area contributed by atoms with Crippen molar-refractivity contribution in [2.24, 2.45) is 5.92 Å². The lowest BCUT2D eigenvalue weighted by Crippen LogP contribution is -2.50. The highest BCUT2D eigenvalue weighted by atomic mass is 16.2. The van der Waals surface area contributed by atoms with Gasteiger partial charge in [0, 0.05) is 45.8 Å². The molecule has 0 N–H and O–H groups in total. The number of aryl methyl sites for hydroxylation is 1. The van der Waals surface area contributed by atoms with Crippen molar-refractivity contribution in [3.8, 4) is 0 Å². The Labute approximate surface area is 200 Å². The van der Waals surface area contributed by atoms with Crippen LogP contribution in [0.4, 0.5) is 0 Å². The number of carbonyl (C=O) groups excluding carboxylic acids is 1. The van der Waals surface area contributed by atoms with E-state index in [1.807, 2.05) is 14.1 Å². The molecule has 4 atom stereocenters. The van der Waals surface area contributed by atoms with Crippen molar-refractivity contribution in [2.75, 3.05) is 33.7 Å². The highest BCUT2D eigenvalue weighted by Crippen LogP contribution is 2.41. The zero-order valence-corrected chi connectivity index (χ0v) is 20.7. The van der Waals surface area contributed by atoms with Crippen molar-refractivity contribution in [2.45, 2.75) is 63.6 Å². The molecule has 2 heterocycles. The summed E-state index contributed by atoms with van der Waals surface area (Å²) in [6, 6.07) is 10.6. The van der Waals surface area contributed by atoms with Gasteiger partial charge in [-0.1, -0.05) is 61.9 Å². The molecule has 1 aromatic carbocycles. The summed E-state index contributed by atoms with van der Waals surface area (Å²) < 4.78 is 0. The van der Waals surface area contributed by atoms with Gasteiger partial charge in [0.25, 0.3) is 0 Å². The molecule has 1 aromatic rings. The molecule has 4 nitrogen and oxygen atoms in total. The molecule has 2 bridgehead atoms. The van der Waals surface area contributed by atoms with Gasteiger partial charge in [-0.3, -0.25) is 14.6 Å². The maximum absolute atomic E-state index is 12.6. The van der Waals surface area contributed by atoms with E-state index >= 15 is 0 Å². The van der Waals surface area contributed by atoms with E-state index in [0.29, 0.717) is 12.1 Å². The van der Waals surface area contributed by atoms with E-state index in [2.05, 4.69) is 71.9 Å². The van der Waals surface area contributed by atoms with Gasteiger partial charge in [0.2, 0.25) is 5.91 Å². The average molecular weight is 448 g/mol. The van der Waals surface area contributed by atoms with Crippen LogP contribution in [0.15, 0.2) is 60.7 Å². The van der Waals surface area contributed by atoms with E-state index in [0.717, 1.165) is 32.5 Å². The van der Waals surface area contributed by atoms with Crippen LogP contribution in [0.2, 0.25) is 0 Å². The summed E-state index contributed by atoms with van der Waals surface area (Å²) in [6.07, 6.45) is 15.7. The maximum atomic E-state index is 12.6. The molecule has 2 saturated heterocycles. The summed E-state index contributed by atoms with van der Waals surface area (Å²) in [5, 5.41) is 0. The Morgan fingerprint density at radius 1 is 1.24 bits per heavy atom. The topological polar surface area (TPSA) is 26.8 Å². The average Bonchev–Trinajstić information content (AvgIpc) is 2.92. The van der Waals surface area contributed by atoms with Crippen molar-refractivity contribution in [1.82, 2.24) is 14.7 Å². The zero-order chi connectivity index (χ0) is 23.4. The molecule has 1 aliphatic carbocycles. The van der Waals surface area contributed by atoms with Crippen molar-refractivity contribution < 1.29 is 4.79 Å². The third-order valence-corrected chi connectivity index (χ3v) is 7.73. The monoisotopic (exact) mass is 447 g/mol. The molecule has 2 fully saturated rings. The Bertz CT molecular complexity index is 902. The molecule has 3 aliphatic rings. The lowest BCUT2D eigenvalue weighted by atomic mass is 9.84. The van der Waals surface area contributed by atoms with Crippen LogP contribution in [0.1, 0.15) is 56.2 Å². The smallest absolute Gasteiger partial charge is 0.229 e. The minimum atomic E-state index is -0.0434. The zero-order valence-electron chi connectivity index (χ0n) is 20.7. The first kappa shape index (κ1) is 24.0. The Morgan fingerprint density at radius 2 is 2.06 bits per heavy atom. The summed E-state index contributed by atoms with van der Waals surface area (Å²) in [7, 11) is 3.70. The van der Waals surface area contributed by atoms with E-state index in [9.17, 15) is 4.79 Å². The summed E-state index contributed by atoms with van der Waals surface area (Å²) >= 11 is 0. The number of hydrogen-bond acceptors (Lipinski definition) is 3. The van der Waals surface area contributed by atoms with Crippen molar-refractivity contribution in [3.05, 3.63) is 71.8 Å². The van der Waals surface area contributed by atoms with Crippen LogP contribution in [0, 0.1) is 5.92 Å². The van der Waals surface area contributed by atoms with Crippen molar-refractivity contribution >= 4 is 5.91 Å². The van der Waals surface area contributed by atoms with E-state index in [4.69, 9.17) is 0 Å². The second kappa shape index (κ2) is 10.8. The second-order valence-electron chi connectivity index (χ2n) is 10.2. The first-order chi connectivity index (χ1) is 16.0. The third kappa shape index (κ3) is 5.33. The predicted octanol–water partition coefficient (Wildman–Crippen LogP) is 5.00. The minimum absolute atomic E-state index is 0.0434. The molecule has 4 rings (SSSR count). The van der Waals surface area contributed by atoms with Crippen LogP contribution < -0.4 is 0 Å². The van der Waals surface area contributed by atoms with Gasteiger partial charge in [-0.05, 0) is 48.8 Å². The molecule has 0 saturated carbocycles. The number of allylic oxidation sites excluding steroid dienone is 1. The lowest BCUT2D eigenvalue weighted by Gasteiger charge is -2.46. The first-order valence-corrected chi connectivity index (χ1v) is 12.8. The van der Waals surface area contributed by atoms with Crippen LogP contribution in [0.3, 0.4) is 0 Å². The quantitative estimate of drug-likeness (QED) is 0.551. The third-order valence-electron chi connectivity index (χ3n) is 7.73. The van der Waals surface area contributed by atoms with Crippen LogP contribution in [0.5, 0.6) is 0 Å².